The third kappa shape index (κ3) is 4.37. The fourth-order valence-corrected chi connectivity index (χ4v) is 3.47. The van der Waals surface area contributed by atoms with Crippen molar-refractivity contribution >= 4 is 35.0 Å². The number of rotatable bonds is 5. The van der Waals surface area contributed by atoms with E-state index in [1.165, 1.54) is 28.7 Å². The van der Waals surface area contributed by atoms with Gasteiger partial charge in [0.1, 0.15) is 0 Å². The first kappa shape index (κ1) is 15.6. The van der Waals surface area contributed by atoms with Gasteiger partial charge < -0.3 is 0 Å². The first-order valence-electron chi connectivity index (χ1n) is 6.93. The lowest BCUT2D eigenvalue weighted by atomic mass is 10.1. The van der Waals surface area contributed by atoms with Crippen molar-refractivity contribution in [3.63, 3.8) is 0 Å². The summed E-state index contributed by atoms with van der Waals surface area (Å²) in [7, 11) is 0. The predicted molar refractivity (Wildman–Crippen MR) is 93.7 cm³/mol. The molecule has 0 spiro atoms. The molecule has 0 bridgehead atoms. The maximum Gasteiger partial charge on any atom is 0.237 e. The molecule has 0 aliphatic rings. The van der Waals surface area contributed by atoms with E-state index in [1.54, 1.807) is 18.5 Å². The number of carbonyl (C=O) groups is 1. The molecular formula is C16H14N4OS2. The quantitative estimate of drug-likeness (QED) is 0.717. The van der Waals surface area contributed by atoms with Crippen molar-refractivity contribution in [3.8, 4) is 11.3 Å². The molecule has 2 aromatic heterocycles. The number of aryl methyl sites for hydroxylation is 1. The summed E-state index contributed by atoms with van der Waals surface area (Å²) in [5.41, 5.74) is 3.24. The molecule has 2 heterocycles. The minimum atomic E-state index is -0.145. The molecule has 1 N–H and O–H groups in total. The zero-order valence-corrected chi connectivity index (χ0v) is 14.0. The van der Waals surface area contributed by atoms with Gasteiger partial charge in [-0.05, 0) is 13.0 Å². The second kappa shape index (κ2) is 7.34. The average Bonchev–Trinajstić information content (AvgIpc) is 3.04. The van der Waals surface area contributed by atoms with Crippen LogP contribution >= 0.6 is 23.1 Å². The third-order valence-electron chi connectivity index (χ3n) is 2.97. The molecule has 116 valence electrons. The normalized spacial score (nSPS) is 10.5. The van der Waals surface area contributed by atoms with Crippen molar-refractivity contribution in [3.05, 3.63) is 53.7 Å². The second-order valence-electron chi connectivity index (χ2n) is 4.77. The van der Waals surface area contributed by atoms with Gasteiger partial charge in [-0.2, -0.15) is 0 Å². The van der Waals surface area contributed by atoms with Crippen LogP contribution < -0.4 is 5.32 Å². The molecule has 23 heavy (non-hydrogen) atoms. The summed E-state index contributed by atoms with van der Waals surface area (Å²) in [6, 6.07) is 9.94. The summed E-state index contributed by atoms with van der Waals surface area (Å²) >= 11 is 2.94. The monoisotopic (exact) mass is 342 g/mol. The first-order valence-corrected chi connectivity index (χ1v) is 8.79. The molecule has 1 aromatic carbocycles. The van der Waals surface area contributed by atoms with Crippen LogP contribution in [-0.4, -0.2) is 26.6 Å². The van der Waals surface area contributed by atoms with Crippen molar-refractivity contribution in [1.82, 2.24) is 15.0 Å². The number of thioether (sulfide) groups is 1. The zero-order valence-electron chi connectivity index (χ0n) is 12.4. The van der Waals surface area contributed by atoms with Gasteiger partial charge in [0.2, 0.25) is 11.9 Å². The van der Waals surface area contributed by atoms with Crippen molar-refractivity contribution in [1.29, 1.82) is 0 Å². The van der Waals surface area contributed by atoms with Crippen molar-refractivity contribution < 1.29 is 4.79 Å². The first-order chi connectivity index (χ1) is 11.2. The highest BCUT2D eigenvalue weighted by molar-refractivity contribution is 8.01. The fourth-order valence-electron chi connectivity index (χ4n) is 1.83. The van der Waals surface area contributed by atoms with E-state index < -0.39 is 0 Å². The van der Waals surface area contributed by atoms with Crippen LogP contribution in [-0.2, 0) is 4.79 Å². The van der Waals surface area contributed by atoms with Crippen LogP contribution in [0.4, 0.5) is 5.95 Å². The number of anilines is 1. The molecule has 0 aliphatic carbocycles. The number of carbonyl (C=O) groups excluding carboxylic acids is 1. The molecule has 0 aliphatic heterocycles. The summed E-state index contributed by atoms with van der Waals surface area (Å²) in [6.07, 6.45) is 3.18. The Morgan fingerprint density at radius 2 is 1.96 bits per heavy atom. The highest BCUT2D eigenvalue weighted by Gasteiger charge is 2.09. The molecule has 0 radical (unpaired) electrons. The molecule has 3 aromatic rings. The van der Waals surface area contributed by atoms with Gasteiger partial charge in [-0.15, -0.1) is 11.3 Å². The molecule has 5 nitrogen and oxygen atoms in total. The highest BCUT2D eigenvalue weighted by atomic mass is 32.2. The SMILES string of the molecule is Cc1ccc(-c2csc(SCC(=O)Nc3ncccn3)n2)cc1. The van der Waals surface area contributed by atoms with Crippen LogP contribution in [0.15, 0.2) is 52.4 Å². The molecule has 0 fully saturated rings. The number of nitrogens with one attached hydrogen (secondary N) is 1. The molecule has 0 saturated heterocycles. The minimum Gasteiger partial charge on any atom is -0.294 e. The number of benzene rings is 1. The van der Waals surface area contributed by atoms with Crippen molar-refractivity contribution in [2.24, 2.45) is 0 Å². The van der Waals surface area contributed by atoms with Gasteiger partial charge >= 0.3 is 0 Å². The van der Waals surface area contributed by atoms with Crippen LogP contribution in [0.25, 0.3) is 11.3 Å². The number of hydrogen-bond donors (Lipinski definition) is 1. The van der Waals surface area contributed by atoms with Crippen molar-refractivity contribution in [2.45, 2.75) is 11.3 Å². The number of aromatic nitrogens is 3. The fraction of sp³-hybridized carbons (Fsp3) is 0.125. The average molecular weight is 342 g/mol. The van der Waals surface area contributed by atoms with Gasteiger partial charge in [-0.1, -0.05) is 41.6 Å². The summed E-state index contributed by atoms with van der Waals surface area (Å²) < 4.78 is 0.865. The predicted octanol–water partition coefficient (Wildman–Crippen LogP) is 3.64. The van der Waals surface area contributed by atoms with E-state index in [-0.39, 0.29) is 11.7 Å². The summed E-state index contributed by atoms with van der Waals surface area (Å²) in [5.74, 6) is 0.449. The van der Waals surface area contributed by atoms with Crippen LogP contribution in [0, 0.1) is 6.92 Å². The summed E-state index contributed by atoms with van der Waals surface area (Å²) in [4.78, 5) is 24.3. The van der Waals surface area contributed by atoms with Gasteiger partial charge in [0, 0.05) is 23.3 Å². The number of hydrogen-bond acceptors (Lipinski definition) is 6. The van der Waals surface area contributed by atoms with E-state index in [1.807, 2.05) is 5.38 Å². The topological polar surface area (TPSA) is 67.8 Å². The molecule has 0 saturated carbocycles. The zero-order chi connectivity index (χ0) is 16.1. The van der Waals surface area contributed by atoms with E-state index in [0.29, 0.717) is 5.95 Å². The van der Waals surface area contributed by atoms with Crippen LogP contribution in [0.2, 0.25) is 0 Å². The van der Waals surface area contributed by atoms with Gasteiger partial charge in [0.05, 0.1) is 11.4 Å². The minimum absolute atomic E-state index is 0.145. The molecule has 7 heteroatoms. The van der Waals surface area contributed by atoms with E-state index in [9.17, 15) is 4.79 Å². The Bertz CT molecular complexity index is 787. The largest absolute Gasteiger partial charge is 0.294 e. The molecule has 0 unspecified atom stereocenters. The standard InChI is InChI=1S/C16H14N4OS2/c1-11-3-5-12(6-4-11)13-9-22-16(19-13)23-10-14(21)20-15-17-7-2-8-18-15/h2-9H,10H2,1H3,(H,17,18,20,21). The second-order valence-corrected chi connectivity index (χ2v) is 6.85. The number of amides is 1. The molecule has 1 amide bonds. The van der Waals surface area contributed by atoms with Gasteiger partial charge in [-0.3, -0.25) is 10.1 Å². The van der Waals surface area contributed by atoms with E-state index in [0.717, 1.165) is 15.6 Å². The van der Waals surface area contributed by atoms with Crippen molar-refractivity contribution in [2.75, 3.05) is 11.1 Å². The maximum atomic E-state index is 11.9. The molecular weight excluding hydrogens is 328 g/mol. The van der Waals surface area contributed by atoms with E-state index in [4.69, 9.17) is 0 Å². The Morgan fingerprint density at radius 3 is 2.70 bits per heavy atom. The Labute approximate surface area is 142 Å². The van der Waals surface area contributed by atoms with Gasteiger partial charge in [0.15, 0.2) is 4.34 Å². The van der Waals surface area contributed by atoms with Gasteiger partial charge in [0.25, 0.3) is 0 Å². The van der Waals surface area contributed by atoms with E-state index in [2.05, 4.69) is 51.5 Å². The van der Waals surface area contributed by atoms with Gasteiger partial charge in [-0.25, -0.2) is 15.0 Å². The maximum absolute atomic E-state index is 11.9. The Kier molecular flexibility index (Phi) is 4.99. The third-order valence-corrected chi connectivity index (χ3v) is 5.00. The Morgan fingerprint density at radius 1 is 1.22 bits per heavy atom. The smallest absolute Gasteiger partial charge is 0.237 e. The molecule has 0 atom stereocenters. The van der Waals surface area contributed by atoms with E-state index >= 15 is 0 Å². The van der Waals surface area contributed by atoms with Crippen LogP contribution in [0.5, 0.6) is 0 Å². The number of nitrogens with zero attached hydrogens (tertiary/aromatic N) is 3. The Hall–Kier alpha value is -2.25. The Balaban J connectivity index is 1.57. The van der Waals surface area contributed by atoms with Crippen LogP contribution in [0.3, 0.4) is 0 Å². The highest BCUT2D eigenvalue weighted by Crippen LogP contribution is 2.28. The lowest BCUT2D eigenvalue weighted by Crippen LogP contribution is -2.15. The van der Waals surface area contributed by atoms with Crippen LogP contribution in [0.1, 0.15) is 5.56 Å². The summed E-state index contributed by atoms with van der Waals surface area (Å²) in [6.45, 7) is 2.06. The molecule has 3 rings (SSSR count). The lowest BCUT2D eigenvalue weighted by molar-refractivity contribution is -0.113. The summed E-state index contributed by atoms with van der Waals surface area (Å²) in [5, 5.41) is 4.66. The number of thiazole rings is 1. The lowest BCUT2D eigenvalue weighted by Gasteiger charge is -2.01.